The highest BCUT2D eigenvalue weighted by Gasteiger charge is 2.13. The van der Waals surface area contributed by atoms with Crippen LogP contribution in [0.1, 0.15) is 29.9 Å². The highest BCUT2D eigenvalue weighted by Crippen LogP contribution is 2.22. The van der Waals surface area contributed by atoms with E-state index in [0.29, 0.717) is 6.04 Å². The molecule has 19 heavy (non-hydrogen) atoms. The van der Waals surface area contributed by atoms with Crippen LogP contribution in [0.4, 0.5) is 0 Å². The van der Waals surface area contributed by atoms with Crippen LogP contribution < -0.4 is 4.74 Å². The van der Waals surface area contributed by atoms with E-state index in [1.54, 1.807) is 7.11 Å². The maximum absolute atomic E-state index is 5.18. The van der Waals surface area contributed by atoms with Crippen LogP contribution in [-0.4, -0.2) is 29.3 Å². The number of aryl methyl sites for hydroxylation is 1. The van der Waals surface area contributed by atoms with Crippen molar-refractivity contribution < 1.29 is 4.74 Å². The number of hydrogen-bond acceptors (Lipinski definition) is 3. The van der Waals surface area contributed by atoms with Gasteiger partial charge < -0.3 is 4.74 Å². The maximum Gasteiger partial charge on any atom is 0.118 e. The molecule has 0 radical (unpaired) electrons. The molecule has 1 atom stereocenters. The number of ether oxygens (including phenoxy) is 1. The number of methoxy groups -OCH3 is 1. The molecule has 1 heterocycles. The lowest BCUT2D eigenvalue weighted by Gasteiger charge is -2.24. The Morgan fingerprint density at radius 2 is 2.00 bits per heavy atom. The lowest BCUT2D eigenvalue weighted by molar-refractivity contribution is 0.250. The van der Waals surface area contributed by atoms with Crippen molar-refractivity contribution in [3.05, 3.63) is 47.3 Å². The van der Waals surface area contributed by atoms with Gasteiger partial charge in [-0.1, -0.05) is 12.1 Å². The van der Waals surface area contributed by atoms with Gasteiger partial charge in [0.2, 0.25) is 0 Å². The van der Waals surface area contributed by atoms with Crippen LogP contribution in [0.15, 0.2) is 30.3 Å². The Morgan fingerprint density at radius 3 is 2.53 bits per heavy atom. The second-order valence-electron chi connectivity index (χ2n) is 4.91. The molecule has 0 aliphatic heterocycles. The summed E-state index contributed by atoms with van der Waals surface area (Å²) in [7, 11) is 3.80. The number of benzene rings is 1. The lowest BCUT2D eigenvalue weighted by atomic mass is 10.1. The predicted molar refractivity (Wildman–Crippen MR) is 76.2 cm³/mol. The first-order valence-electron chi connectivity index (χ1n) is 6.45. The van der Waals surface area contributed by atoms with E-state index >= 15 is 0 Å². The monoisotopic (exact) mass is 259 g/mol. The topological polar surface area (TPSA) is 41.1 Å². The molecule has 0 bridgehead atoms. The van der Waals surface area contributed by atoms with E-state index < -0.39 is 0 Å². The molecule has 1 aromatic carbocycles. The first kappa shape index (κ1) is 13.6. The van der Waals surface area contributed by atoms with Crippen LogP contribution >= 0.6 is 0 Å². The summed E-state index contributed by atoms with van der Waals surface area (Å²) in [4.78, 5) is 2.28. The molecule has 1 N–H and O–H groups in total. The van der Waals surface area contributed by atoms with Crippen molar-refractivity contribution in [1.82, 2.24) is 15.1 Å². The van der Waals surface area contributed by atoms with Gasteiger partial charge in [0.25, 0.3) is 0 Å². The summed E-state index contributed by atoms with van der Waals surface area (Å²) in [5.41, 5.74) is 3.44. The third-order valence-electron chi connectivity index (χ3n) is 3.43. The molecule has 0 fully saturated rings. The number of nitrogens with one attached hydrogen (secondary N) is 1. The van der Waals surface area contributed by atoms with Crippen LogP contribution in [-0.2, 0) is 6.54 Å². The Bertz CT molecular complexity index is 518. The van der Waals surface area contributed by atoms with Gasteiger partial charge in [-0.25, -0.2) is 0 Å². The molecular weight excluding hydrogens is 238 g/mol. The highest BCUT2D eigenvalue weighted by atomic mass is 16.5. The fourth-order valence-corrected chi connectivity index (χ4v) is 2.08. The molecule has 2 rings (SSSR count). The van der Waals surface area contributed by atoms with Crippen LogP contribution in [0, 0.1) is 6.92 Å². The van der Waals surface area contributed by atoms with Gasteiger partial charge in [0.15, 0.2) is 0 Å². The molecule has 2 aromatic rings. The zero-order chi connectivity index (χ0) is 13.8. The summed E-state index contributed by atoms with van der Waals surface area (Å²) in [5, 5.41) is 7.25. The van der Waals surface area contributed by atoms with Crippen molar-refractivity contribution in [2.75, 3.05) is 14.2 Å². The van der Waals surface area contributed by atoms with Crippen molar-refractivity contribution >= 4 is 0 Å². The SMILES string of the molecule is COc1ccc([C@@H](C)N(C)Cc2cc(C)[nH]n2)cc1. The zero-order valence-corrected chi connectivity index (χ0v) is 12.0. The quantitative estimate of drug-likeness (QED) is 0.897. The summed E-state index contributed by atoms with van der Waals surface area (Å²) in [6.07, 6.45) is 0. The number of H-pyrrole nitrogens is 1. The van der Waals surface area contributed by atoms with Crippen LogP contribution in [0.25, 0.3) is 0 Å². The normalized spacial score (nSPS) is 12.7. The van der Waals surface area contributed by atoms with Gasteiger partial charge in [-0.05, 0) is 44.7 Å². The Labute approximate surface area is 114 Å². The number of rotatable bonds is 5. The van der Waals surface area contributed by atoms with E-state index in [2.05, 4.69) is 47.3 Å². The van der Waals surface area contributed by atoms with E-state index in [1.807, 2.05) is 19.1 Å². The standard InChI is InChI=1S/C15H21N3O/c1-11-9-14(17-16-11)10-18(3)12(2)13-5-7-15(19-4)8-6-13/h5-9,12H,10H2,1-4H3,(H,16,17)/t12-/m1/s1. The molecule has 0 saturated heterocycles. The fraction of sp³-hybridized carbons (Fsp3) is 0.400. The second-order valence-corrected chi connectivity index (χ2v) is 4.91. The summed E-state index contributed by atoms with van der Waals surface area (Å²) in [6.45, 7) is 5.04. The van der Waals surface area contributed by atoms with Gasteiger partial charge in [0.1, 0.15) is 5.75 Å². The Balaban J connectivity index is 2.03. The highest BCUT2D eigenvalue weighted by molar-refractivity contribution is 5.28. The van der Waals surface area contributed by atoms with Crippen LogP contribution in [0.5, 0.6) is 5.75 Å². The molecule has 0 aliphatic carbocycles. The van der Waals surface area contributed by atoms with Gasteiger partial charge in [-0.3, -0.25) is 10.00 Å². The van der Waals surface area contributed by atoms with Gasteiger partial charge in [-0.2, -0.15) is 5.10 Å². The molecule has 4 nitrogen and oxygen atoms in total. The van der Waals surface area contributed by atoms with E-state index in [0.717, 1.165) is 23.7 Å². The van der Waals surface area contributed by atoms with Crippen LogP contribution in [0.2, 0.25) is 0 Å². The van der Waals surface area contributed by atoms with E-state index in [4.69, 9.17) is 4.74 Å². The molecular formula is C15H21N3O. The number of aromatic amines is 1. The summed E-state index contributed by atoms with van der Waals surface area (Å²) in [5.74, 6) is 0.890. The molecule has 102 valence electrons. The first-order valence-corrected chi connectivity index (χ1v) is 6.45. The van der Waals surface area contributed by atoms with Crippen molar-refractivity contribution in [2.45, 2.75) is 26.4 Å². The third-order valence-corrected chi connectivity index (χ3v) is 3.43. The summed E-state index contributed by atoms with van der Waals surface area (Å²) < 4.78 is 5.18. The zero-order valence-electron chi connectivity index (χ0n) is 12.0. The van der Waals surface area contributed by atoms with Crippen molar-refractivity contribution in [3.63, 3.8) is 0 Å². The molecule has 4 heteroatoms. The number of aromatic nitrogens is 2. The average molecular weight is 259 g/mol. The van der Waals surface area contributed by atoms with Crippen molar-refractivity contribution in [1.29, 1.82) is 0 Å². The molecule has 0 saturated carbocycles. The summed E-state index contributed by atoms with van der Waals surface area (Å²) >= 11 is 0. The molecule has 0 spiro atoms. The number of nitrogens with zero attached hydrogens (tertiary/aromatic N) is 2. The van der Waals surface area contributed by atoms with Crippen molar-refractivity contribution in [2.24, 2.45) is 0 Å². The lowest BCUT2D eigenvalue weighted by Crippen LogP contribution is -2.22. The molecule has 0 unspecified atom stereocenters. The summed E-state index contributed by atoms with van der Waals surface area (Å²) in [6, 6.07) is 10.6. The van der Waals surface area contributed by atoms with Gasteiger partial charge in [-0.15, -0.1) is 0 Å². The van der Waals surface area contributed by atoms with E-state index in [1.165, 1.54) is 5.56 Å². The Morgan fingerprint density at radius 1 is 1.32 bits per heavy atom. The minimum atomic E-state index is 0.336. The smallest absolute Gasteiger partial charge is 0.118 e. The van der Waals surface area contributed by atoms with Crippen molar-refractivity contribution in [3.8, 4) is 5.75 Å². The fourth-order valence-electron chi connectivity index (χ4n) is 2.08. The van der Waals surface area contributed by atoms with Gasteiger partial charge in [0.05, 0.1) is 12.8 Å². The van der Waals surface area contributed by atoms with E-state index in [-0.39, 0.29) is 0 Å². The number of hydrogen-bond donors (Lipinski definition) is 1. The molecule has 1 aromatic heterocycles. The molecule has 0 aliphatic rings. The maximum atomic E-state index is 5.18. The van der Waals surface area contributed by atoms with Gasteiger partial charge >= 0.3 is 0 Å². The minimum Gasteiger partial charge on any atom is -0.497 e. The minimum absolute atomic E-state index is 0.336. The van der Waals surface area contributed by atoms with E-state index in [9.17, 15) is 0 Å². The first-order chi connectivity index (χ1) is 9.10. The Kier molecular flexibility index (Phi) is 4.22. The predicted octanol–water partition coefficient (Wildman–Crippen LogP) is 2.92. The second kappa shape index (κ2) is 5.89. The third kappa shape index (κ3) is 3.35. The largest absolute Gasteiger partial charge is 0.497 e. The van der Waals surface area contributed by atoms with Crippen LogP contribution in [0.3, 0.4) is 0 Å². The van der Waals surface area contributed by atoms with Gasteiger partial charge in [0, 0.05) is 18.3 Å². The molecule has 0 amide bonds. The Hall–Kier alpha value is -1.81. The average Bonchev–Trinajstić information content (AvgIpc) is 2.83.